The number of nitrogens with zero attached hydrogens (tertiary/aromatic N) is 1. The first-order valence-corrected chi connectivity index (χ1v) is 8.38. The third-order valence-electron chi connectivity index (χ3n) is 4.34. The topological polar surface area (TPSA) is 24.5 Å². The molecule has 0 bridgehead atoms. The Morgan fingerprint density at radius 2 is 2.10 bits per heavy atom. The molecule has 2 rings (SSSR count). The van der Waals surface area contributed by atoms with Gasteiger partial charge in [0.2, 0.25) is 0 Å². The van der Waals surface area contributed by atoms with Crippen molar-refractivity contribution < 1.29 is 4.74 Å². The molecule has 0 aliphatic carbocycles. The van der Waals surface area contributed by atoms with Crippen LogP contribution in [0.4, 0.5) is 0 Å². The molecule has 1 aliphatic rings. The Morgan fingerprint density at radius 1 is 1.29 bits per heavy atom. The van der Waals surface area contributed by atoms with Gasteiger partial charge in [0.15, 0.2) is 0 Å². The predicted octanol–water partition coefficient (Wildman–Crippen LogP) is 2.71. The zero-order chi connectivity index (χ0) is 14.9. The molecule has 0 spiro atoms. The van der Waals surface area contributed by atoms with Gasteiger partial charge in [0, 0.05) is 38.4 Å². The second-order valence-corrected chi connectivity index (χ2v) is 6.02. The Bertz CT molecular complexity index is 382. The molecular weight excluding hydrogens is 260 g/mol. The molecule has 0 aromatic heterocycles. The smallest absolute Gasteiger partial charge is 0.0478 e. The first-order chi connectivity index (χ1) is 10.3. The van der Waals surface area contributed by atoms with Crippen LogP contribution in [0.5, 0.6) is 0 Å². The predicted molar refractivity (Wildman–Crippen MR) is 88.7 cm³/mol. The van der Waals surface area contributed by atoms with Crippen LogP contribution in [0.3, 0.4) is 0 Å². The van der Waals surface area contributed by atoms with Gasteiger partial charge in [0.25, 0.3) is 0 Å². The summed E-state index contributed by atoms with van der Waals surface area (Å²) in [5, 5.41) is 3.72. The Hall–Kier alpha value is -0.900. The second kappa shape index (κ2) is 9.19. The molecule has 1 fully saturated rings. The minimum absolute atomic E-state index is 0.560. The third-order valence-corrected chi connectivity index (χ3v) is 4.34. The van der Waals surface area contributed by atoms with Crippen LogP contribution in [-0.4, -0.2) is 49.8 Å². The largest absolute Gasteiger partial charge is 0.382 e. The van der Waals surface area contributed by atoms with E-state index in [1.165, 1.54) is 12.0 Å². The fourth-order valence-corrected chi connectivity index (χ4v) is 3.07. The molecule has 0 saturated carbocycles. The van der Waals surface area contributed by atoms with Crippen LogP contribution in [0.25, 0.3) is 0 Å². The highest BCUT2D eigenvalue weighted by Crippen LogP contribution is 2.13. The van der Waals surface area contributed by atoms with Gasteiger partial charge in [-0.1, -0.05) is 30.3 Å². The number of ether oxygens (including phenoxy) is 1. The van der Waals surface area contributed by atoms with E-state index in [2.05, 4.69) is 54.4 Å². The lowest BCUT2D eigenvalue weighted by Gasteiger charge is -2.29. The Morgan fingerprint density at radius 3 is 2.86 bits per heavy atom. The van der Waals surface area contributed by atoms with Crippen molar-refractivity contribution in [2.75, 3.05) is 32.8 Å². The molecule has 118 valence electrons. The van der Waals surface area contributed by atoms with Crippen LogP contribution in [0.2, 0.25) is 0 Å². The monoisotopic (exact) mass is 290 g/mol. The molecule has 3 heteroatoms. The summed E-state index contributed by atoms with van der Waals surface area (Å²) in [6, 6.07) is 12.0. The quantitative estimate of drug-likeness (QED) is 0.782. The summed E-state index contributed by atoms with van der Waals surface area (Å²) in [4.78, 5) is 2.63. The van der Waals surface area contributed by atoms with Crippen molar-refractivity contribution in [3.63, 3.8) is 0 Å². The number of nitrogens with one attached hydrogen (secondary N) is 1. The van der Waals surface area contributed by atoms with Crippen LogP contribution in [0.1, 0.15) is 32.3 Å². The van der Waals surface area contributed by atoms with Gasteiger partial charge in [-0.25, -0.2) is 0 Å². The van der Waals surface area contributed by atoms with Crippen LogP contribution in [0, 0.1) is 0 Å². The van der Waals surface area contributed by atoms with Gasteiger partial charge < -0.3 is 10.1 Å². The molecule has 1 saturated heterocycles. The zero-order valence-electron chi connectivity index (χ0n) is 13.6. The van der Waals surface area contributed by atoms with E-state index < -0.39 is 0 Å². The summed E-state index contributed by atoms with van der Waals surface area (Å²) >= 11 is 0. The van der Waals surface area contributed by atoms with Crippen molar-refractivity contribution in [3.8, 4) is 0 Å². The first kappa shape index (κ1) is 16.5. The maximum atomic E-state index is 5.47. The van der Waals surface area contributed by atoms with Crippen molar-refractivity contribution in [2.45, 2.75) is 45.2 Å². The summed E-state index contributed by atoms with van der Waals surface area (Å²) in [6.07, 6.45) is 3.49. The van der Waals surface area contributed by atoms with Crippen LogP contribution < -0.4 is 5.32 Å². The van der Waals surface area contributed by atoms with E-state index in [1.807, 2.05) is 0 Å². The standard InChI is InChI=1S/C18H30N2O/c1-3-21-13-7-12-20-15-18(19-11-10-16(20)2)14-17-8-5-4-6-9-17/h4-6,8-9,16,18-19H,3,7,10-15H2,1-2H3. The molecule has 3 nitrogen and oxygen atoms in total. The van der Waals surface area contributed by atoms with Crippen molar-refractivity contribution in [3.05, 3.63) is 35.9 Å². The molecular formula is C18H30N2O. The molecule has 2 atom stereocenters. The maximum absolute atomic E-state index is 5.47. The Balaban J connectivity index is 1.85. The molecule has 0 radical (unpaired) electrons. The number of hydrogen-bond acceptors (Lipinski definition) is 3. The Kier molecular flexibility index (Phi) is 7.20. The summed E-state index contributed by atoms with van der Waals surface area (Å²) < 4.78 is 5.47. The first-order valence-electron chi connectivity index (χ1n) is 8.38. The van der Waals surface area contributed by atoms with E-state index in [-0.39, 0.29) is 0 Å². The summed E-state index contributed by atoms with van der Waals surface area (Å²) in [6.45, 7) is 9.54. The second-order valence-electron chi connectivity index (χ2n) is 6.02. The number of hydrogen-bond donors (Lipinski definition) is 1. The fraction of sp³-hybridized carbons (Fsp3) is 0.667. The molecule has 21 heavy (non-hydrogen) atoms. The van der Waals surface area contributed by atoms with Gasteiger partial charge in [0.1, 0.15) is 0 Å². The molecule has 0 amide bonds. The van der Waals surface area contributed by atoms with Gasteiger partial charge >= 0.3 is 0 Å². The highest BCUT2D eigenvalue weighted by Gasteiger charge is 2.22. The van der Waals surface area contributed by atoms with Crippen molar-refractivity contribution >= 4 is 0 Å². The van der Waals surface area contributed by atoms with Crippen LogP contribution in [-0.2, 0) is 11.2 Å². The molecule has 1 heterocycles. The maximum Gasteiger partial charge on any atom is 0.0478 e. The van der Waals surface area contributed by atoms with E-state index >= 15 is 0 Å². The van der Waals surface area contributed by atoms with E-state index in [9.17, 15) is 0 Å². The minimum Gasteiger partial charge on any atom is -0.382 e. The van der Waals surface area contributed by atoms with Gasteiger partial charge in [-0.3, -0.25) is 4.90 Å². The average molecular weight is 290 g/mol. The number of benzene rings is 1. The van der Waals surface area contributed by atoms with E-state index in [0.717, 1.165) is 45.7 Å². The lowest BCUT2D eigenvalue weighted by atomic mass is 10.1. The summed E-state index contributed by atoms with van der Waals surface area (Å²) in [7, 11) is 0. The Labute approximate surface area is 129 Å². The molecule has 1 aromatic carbocycles. The van der Waals surface area contributed by atoms with E-state index in [0.29, 0.717) is 12.1 Å². The van der Waals surface area contributed by atoms with Gasteiger partial charge in [-0.15, -0.1) is 0 Å². The highest BCUT2D eigenvalue weighted by molar-refractivity contribution is 5.16. The van der Waals surface area contributed by atoms with Crippen LogP contribution in [0.15, 0.2) is 30.3 Å². The van der Waals surface area contributed by atoms with Gasteiger partial charge in [-0.2, -0.15) is 0 Å². The molecule has 1 aromatic rings. The highest BCUT2D eigenvalue weighted by atomic mass is 16.5. The van der Waals surface area contributed by atoms with Crippen molar-refractivity contribution in [1.82, 2.24) is 10.2 Å². The van der Waals surface area contributed by atoms with Gasteiger partial charge in [-0.05, 0) is 45.2 Å². The van der Waals surface area contributed by atoms with Crippen LogP contribution >= 0.6 is 0 Å². The van der Waals surface area contributed by atoms with Gasteiger partial charge in [0.05, 0.1) is 0 Å². The third kappa shape index (κ3) is 5.77. The lowest BCUT2D eigenvalue weighted by molar-refractivity contribution is 0.122. The average Bonchev–Trinajstić information content (AvgIpc) is 2.67. The van der Waals surface area contributed by atoms with E-state index in [1.54, 1.807) is 0 Å². The SMILES string of the molecule is CCOCCCN1CC(Cc2ccccc2)NCCC1C. The molecule has 1 aliphatic heterocycles. The lowest BCUT2D eigenvalue weighted by Crippen LogP contribution is -2.41. The summed E-state index contributed by atoms with van der Waals surface area (Å²) in [5.74, 6) is 0. The normalized spacial score (nSPS) is 23.9. The fourth-order valence-electron chi connectivity index (χ4n) is 3.07. The molecule has 2 unspecified atom stereocenters. The minimum atomic E-state index is 0.560. The summed E-state index contributed by atoms with van der Waals surface area (Å²) in [5.41, 5.74) is 1.43. The van der Waals surface area contributed by atoms with Crippen molar-refractivity contribution in [2.24, 2.45) is 0 Å². The van der Waals surface area contributed by atoms with E-state index in [4.69, 9.17) is 4.74 Å². The zero-order valence-corrected chi connectivity index (χ0v) is 13.6. The molecule has 1 N–H and O–H groups in total. The van der Waals surface area contributed by atoms with Crippen molar-refractivity contribution in [1.29, 1.82) is 0 Å². The number of rotatable bonds is 7.